The third-order valence-corrected chi connectivity index (χ3v) is 5.02. The van der Waals surface area contributed by atoms with Gasteiger partial charge >= 0.3 is 0 Å². The molecule has 1 aromatic carbocycles. The third-order valence-electron chi connectivity index (χ3n) is 4.78. The lowest BCUT2D eigenvalue weighted by Crippen LogP contribution is -2.29. The number of nitrogens with zero attached hydrogens (tertiary/aromatic N) is 6. The number of imidazole rings is 1. The normalized spacial score (nSPS) is 21.1. The van der Waals surface area contributed by atoms with Gasteiger partial charge in [-0.3, -0.25) is 4.90 Å². The summed E-state index contributed by atoms with van der Waals surface area (Å²) in [7, 11) is 2.01. The molecule has 1 aliphatic heterocycles. The molecule has 1 aliphatic rings. The van der Waals surface area contributed by atoms with Gasteiger partial charge in [-0.15, -0.1) is 0 Å². The van der Waals surface area contributed by atoms with E-state index in [1.54, 1.807) is 11.0 Å². The Hall–Kier alpha value is -2.22. The quantitative estimate of drug-likeness (QED) is 0.767. The molecule has 0 radical (unpaired) electrons. The Kier molecular flexibility index (Phi) is 4.29. The van der Waals surface area contributed by atoms with Crippen LogP contribution in [0.2, 0.25) is 5.02 Å². The monoisotopic (exact) mass is 357 g/mol. The van der Waals surface area contributed by atoms with E-state index >= 15 is 0 Å². The lowest BCUT2D eigenvalue weighted by atomic mass is 10.0. The summed E-state index contributed by atoms with van der Waals surface area (Å²) in [5.74, 6) is 0.287. The molecule has 3 heterocycles. The Morgan fingerprint density at radius 2 is 2.12 bits per heavy atom. The number of rotatable bonds is 4. The van der Waals surface area contributed by atoms with Crippen LogP contribution in [0.3, 0.4) is 0 Å². The molecular formula is C17H20ClN7. The Morgan fingerprint density at radius 1 is 1.24 bits per heavy atom. The summed E-state index contributed by atoms with van der Waals surface area (Å²) in [6.07, 6.45) is 6.95. The number of likely N-dealkylation sites (tertiary alicyclic amines) is 1. The summed E-state index contributed by atoms with van der Waals surface area (Å²) >= 11 is 6.18. The number of halogens is 1. The minimum atomic E-state index is 0.0949. The number of benzene rings is 1. The summed E-state index contributed by atoms with van der Waals surface area (Å²) in [6.45, 7) is 2.53. The van der Waals surface area contributed by atoms with E-state index in [4.69, 9.17) is 17.3 Å². The Morgan fingerprint density at radius 3 is 2.84 bits per heavy atom. The van der Waals surface area contributed by atoms with Gasteiger partial charge in [-0.2, -0.15) is 5.10 Å². The summed E-state index contributed by atoms with van der Waals surface area (Å²) in [6, 6.07) is 5.96. The van der Waals surface area contributed by atoms with E-state index in [9.17, 15) is 0 Å². The van der Waals surface area contributed by atoms with E-state index < -0.39 is 0 Å². The van der Waals surface area contributed by atoms with Gasteiger partial charge < -0.3 is 10.3 Å². The van der Waals surface area contributed by atoms with Crippen LogP contribution in [0.15, 0.2) is 43.4 Å². The van der Waals surface area contributed by atoms with Crippen LogP contribution in [-0.4, -0.2) is 48.3 Å². The maximum atomic E-state index is 6.41. The SMILES string of the molecule is Cn1cncc1[C@@H]1CN(Cc2ccc(Cl)cc2-n2cncn2)C[C@H]1N. The summed E-state index contributed by atoms with van der Waals surface area (Å²) in [5.41, 5.74) is 9.68. The molecule has 130 valence electrons. The Labute approximate surface area is 151 Å². The van der Waals surface area contributed by atoms with E-state index in [2.05, 4.69) is 24.5 Å². The molecule has 7 nitrogen and oxygen atoms in total. The zero-order valence-electron chi connectivity index (χ0n) is 14.0. The minimum Gasteiger partial charge on any atom is -0.337 e. The van der Waals surface area contributed by atoms with Gasteiger partial charge in [-0.25, -0.2) is 14.6 Å². The fraction of sp³-hybridized carbons (Fsp3) is 0.353. The van der Waals surface area contributed by atoms with Crippen molar-refractivity contribution in [2.75, 3.05) is 13.1 Å². The number of hydrogen-bond acceptors (Lipinski definition) is 5. The van der Waals surface area contributed by atoms with Crippen LogP contribution in [0.1, 0.15) is 17.2 Å². The zero-order valence-corrected chi connectivity index (χ0v) is 14.7. The van der Waals surface area contributed by atoms with Gasteiger partial charge in [0.05, 0.1) is 12.0 Å². The van der Waals surface area contributed by atoms with Gasteiger partial charge in [-0.1, -0.05) is 17.7 Å². The summed E-state index contributed by atoms with van der Waals surface area (Å²) < 4.78 is 3.80. The molecular weight excluding hydrogens is 338 g/mol. The zero-order chi connectivity index (χ0) is 17.4. The van der Waals surface area contributed by atoms with Gasteiger partial charge in [0, 0.05) is 55.6 Å². The molecule has 2 aromatic heterocycles. The van der Waals surface area contributed by atoms with Crippen molar-refractivity contribution in [2.45, 2.75) is 18.5 Å². The number of nitrogens with two attached hydrogens (primary N) is 1. The highest BCUT2D eigenvalue weighted by Gasteiger charge is 2.33. The van der Waals surface area contributed by atoms with E-state index in [-0.39, 0.29) is 12.0 Å². The topological polar surface area (TPSA) is 77.8 Å². The Balaban J connectivity index is 1.57. The average molecular weight is 358 g/mol. The molecule has 0 amide bonds. The van der Waals surface area contributed by atoms with Crippen molar-refractivity contribution in [2.24, 2.45) is 12.8 Å². The van der Waals surface area contributed by atoms with Crippen LogP contribution in [-0.2, 0) is 13.6 Å². The second-order valence-electron chi connectivity index (χ2n) is 6.51. The van der Waals surface area contributed by atoms with Crippen molar-refractivity contribution >= 4 is 11.6 Å². The number of aryl methyl sites for hydroxylation is 1. The smallest absolute Gasteiger partial charge is 0.138 e. The fourth-order valence-electron chi connectivity index (χ4n) is 3.54. The van der Waals surface area contributed by atoms with Crippen molar-refractivity contribution in [1.29, 1.82) is 0 Å². The molecule has 0 aliphatic carbocycles. The Bertz CT molecular complexity index is 858. The lowest BCUT2D eigenvalue weighted by Gasteiger charge is -2.18. The highest BCUT2D eigenvalue weighted by atomic mass is 35.5. The van der Waals surface area contributed by atoms with Gasteiger partial charge in [-0.05, 0) is 17.7 Å². The molecule has 0 spiro atoms. The maximum Gasteiger partial charge on any atom is 0.138 e. The first-order chi connectivity index (χ1) is 12.1. The van der Waals surface area contributed by atoms with Gasteiger partial charge in [0.2, 0.25) is 0 Å². The molecule has 8 heteroatoms. The van der Waals surface area contributed by atoms with E-state index in [1.807, 2.05) is 37.8 Å². The molecule has 0 bridgehead atoms. The highest BCUT2D eigenvalue weighted by molar-refractivity contribution is 6.30. The van der Waals surface area contributed by atoms with Crippen molar-refractivity contribution in [3.05, 3.63) is 59.7 Å². The van der Waals surface area contributed by atoms with Gasteiger partial charge in [0.25, 0.3) is 0 Å². The van der Waals surface area contributed by atoms with Gasteiger partial charge in [0.15, 0.2) is 0 Å². The van der Waals surface area contributed by atoms with Crippen LogP contribution in [0, 0.1) is 0 Å². The molecule has 3 aromatic rings. The first-order valence-electron chi connectivity index (χ1n) is 8.19. The van der Waals surface area contributed by atoms with Crippen LogP contribution in [0.25, 0.3) is 5.69 Å². The third kappa shape index (κ3) is 3.18. The number of aromatic nitrogens is 5. The predicted octanol–water partition coefficient (Wildman–Crippen LogP) is 1.58. The van der Waals surface area contributed by atoms with Crippen molar-refractivity contribution < 1.29 is 0 Å². The lowest BCUT2D eigenvalue weighted by molar-refractivity contribution is 0.322. The molecule has 2 atom stereocenters. The first-order valence-corrected chi connectivity index (χ1v) is 8.57. The molecule has 25 heavy (non-hydrogen) atoms. The second kappa shape index (κ2) is 6.59. The van der Waals surface area contributed by atoms with Crippen LogP contribution < -0.4 is 5.73 Å². The fourth-order valence-corrected chi connectivity index (χ4v) is 3.70. The molecule has 4 rings (SSSR count). The average Bonchev–Trinajstić information content (AvgIpc) is 3.31. The summed E-state index contributed by atoms with van der Waals surface area (Å²) in [5, 5.41) is 4.92. The first kappa shape index (κ1) is 16.3. The molecule has 0 unspecified atom stereocenters. The van der Waals surface area contributed by atoms with E-state index in [0.29, 0.717) is 5.02 Å². The number of hydrogen-bond donors (Lipinski definition) is 1. The van der Waals surface area contributed by atoms with E-state index in [0.717, 1.165) is 30.9 Å². The second-order valence-corrected chi connectivity index (χ2v) is 6.94. The summed E-state index contributed by atoms with van der Waals surface area (Å²) in [4.78, 5) is 10.6. The molecule has 1 saturated heterocycles. The van der Waals surface area contributed by atoms with Crippen molar-refractivity contribution in [1.82, 2.24) is 29.2 Å². The van der Waals surface area contributed by atoms with Gasteiger partial charge in [0.1, 0.15) is 12.7 Å². The maximum absolute atomic E-state index is 6.41. The molecule has 2 N–H and O–H groups in total. The van der Waals surface area contributed by atoms with Crippen LogP contribution in [0.4, 0.5) is 0 Å². The van der Waals surface area contributed by atoms with Crippen LogP contribution in [0.5, 0.6) is 0 Å². The minimum absolute atomic E-state index is 0.0949. The van der Waals surface area contributed by atoms with E-state index in [1.165, 1.54) is 12.0 Å². The predicted molar refractivity (Wildman–Crippen MR) is 95.6 cm³/mol. The van der Waals surface area contributed by atoms with Crippen molar-refractivity contribution in [3.8, 4) is 5.69 Å². The highest BCUT2D eigenvalue weighted by Crippen LogP contribution is 2.28. The largest absolute Gasteiger partial charge is 0.337 e. The standard InChI is InChI=1S/C17H20ClN7/c1-23-10-20-5-17(23)14-7-24(8-15(14)19)6-12-2-3-13(18)4-16(12)25-11-21-9-22-25/h2-5,9-11,14-15H,6-8,19H2,1H3/t14-,15-/m1/s1. The van der Waals surface area contributed by atoms with Crippen LogP contribution >= 0.6 is 11.6 Å². The van der Waals surface area contributed by atoms with Crippen molar-refractivity contribution in [3.63, 3.8) is 0 Å². The molecule has 1 fully saturated rings. The molecule has 0 saturated carbocycles.